The molecule has 18 heavy (non-hydrogen) atoms. The van der Waals surface area contributed by atoms with Gasteiger partial charge in [0.15, 0.2) is 0 Å². The van der Waals surface area contributed by atoms with Crippen molar-refractivity contribution in [3.8, 4) is 0 Å². The predicted octanol–water partition coefficient (Wildman–Crippen LogP) is 3.67. The highest BCUT2D eigenvalue weighted by molar-refractivity contribution is 4.83. The quantitative estimate of drug-likeness (QED) is 0.640. The Morgan fingerprint density at radius 1 is 1.06 bits per heavy atom. The second-order valence-electron chi connectivity index (χ2n) is 5.83. The number of hydrogen-bond donors (Lipinski definition) is 1. The highest BCUT2D eigenvalue weighted by atomic mass is 15.1. The van der Waals surface area contributed by atoms with Crippen molar-refractivity contribution in [1.29, 1.82) is 0 Å². The maximum absolute atomic E-state index is 3.75. The highest BCUT2D eigenvalue weighted by Crippen LogP contribution is 2.28. The molecule has 0 spiro atoms. The molecule has 1 fully saturated rings. The Hall–Kier alpha value is -0.0800. The topological polar surface area (TPSA) is 15.3 Å². The predicted molar refractivity (Wildman–Crippen MR) is 81.1 cm³/mol. The van der Waals surface area contributed by atoms with E-state index in [1.807, 2.05) is 0 Å². The summed E-state index contributed by atoms with van der Waals surface area (Å²) in [5.41, 5.74) is 0. The first-order valence-corrected chi connectivity index (χ1v) is 8.27. The van der Waals surface area contributed by atoms with Crippen molar-refractivity contribution in [3.05, 3.63) is 0 Å². The summed E-state index contributed by atoms with van der Waals surface area (Å²) in [4.78, 5) is 2.64. The summed E-state index contributed by atoms with van der Waals surface area (Å²) < 4.78 is 0. The first-order valence-electron chi connectivity index (χ1n) is 8.27. The van der Waals surface area contributed by atoms with Gasteiger partial charge in [-0.3, -0.25) is 0 Å². The second kappa shape index (κ2) is 9.80. The minimum absolute atomic E-state index is 0.815. The molecule has 0 bridgehead atoms. The zero-order valence-electron chi connectivity index (χ0n) is 12.9. The smallest absolute Gasteiger partial charge is 0.00958 e. The van der Waals surface area contributed by atoms with Gasteiger partial charge in [0, 0.05) is 6.04 Å². The summed E-state index contributed by atoms with van der Waals surface area (Å²) in [6, 6.07) is 0.815. The van der Waals surface area contributed by atoms with Gasteiger partial charge >= 0.3 is 0 Å². The Labute approximate surface area is 115 Å². The van der Waals surface area contributed by atoms with Crippen molar-refractivity contribution < 1.29 is 0 Å². The van der Waals surface area contributed by atoms with E-state index >= 15 is 0 Å². The molecular weight excluding hydrogens is 220 g/mol. The van der Waals surface area contributed by atoms with E-state index in [0.29, 0.717) is 0 Å². The number of nitrogens with one attached hydrogen (secondary N) is 1. The molecule has 1 N–H and O–H groups in total. The average molecular weight is 254 g/mol. The van der Waals surface area contributed by atoms with E-state index < -0.39 is 0 Å². The molecule has 0 aromatic heterocycles. The van der Waals surface area contributed by atoms with Crippen LogP contribution in [0, 0.1) is 5.92 Å². The van der Waals surface area contributed by atoms with Crippen molar-refractivity contribution in [2.75, 3.05) is 26.2 Å². The molecule has 0 amide bonds. The fourth-order valence-corrected chi connectivity index (χ4v) is 3.14. The van der Waals surface area contributed by atoms with Gasteiger partial charge in [0.25, 0.3) is 0 Å². The lowest BCUT2D eigenvalue weighted by Crippen LogP contribution is -2.35. The SMILES string of the molecule is CCCCN(CC)CCC1CCCC1NCCC. The Balaban J connectivity index is 2.22. The fraction of sp³-hybridized carbons (Fsp3) is 1.00. The zero-order valence-corrected chi connectivity index (χ0v) is 12.9. The largest absolute Gasteiger partial charge is 0.314 e. The molecule has 1 rings (SSSR count). The highest BCUT2D eigenvalue weighted by Gasteiger charge is 2.26. The van der Waals surface area contributed by atoms with Gasteiger partial charge in [-0.25, -0.2) is 0 Å². The van der Waals surface area contributed by atoms with E-state index in [9.17, 15) is 0 Å². The molecule has 2 heteroatoms. The third-order valence-electron chi connectivity index (χ3n) is 4.41. The van der Waals surface area contributed by atoms with Crippen LogP contribution in [0.3, 0.4) is 0 Å². The van der Waals surface area contributed by atoms with Crippen molar-refractivity contribution in [2.24, 2.45) is 5.92 Å². The van der Waals surface area contributed by atoms with E-state index in [1.165, 1.54) is 71.1 Å². The van der Waals surface area contributed by atoms with Gasteiger partial charge in [-0.15, -0.1) is 0 Å². The van der Waals surface area contributed by atoms with Crippen molar-refractivity contribution in [2.45, 2.75) is 71.8 Å². The lowest BCUT2D eigenvalue weighted by molar-refractivity contribution is 0.247. The van der Waals surface area contributed by atoms with Crippen LogP contribution in [0.2, 0.25) is 0 Å². The normalized spacial score (nSPS) is 24.0. The van der Waals surface area contributed by atoms with Crippen LogP contribution in [0.1, 0.15) is 65.7 Å². The molecule has 1 aliphatic carbocycles. The van der Waals surface area contributed by atoms with Crippen molar-refractivity contribution in [1.82, 2.24) is 10.2 Å². The van der Waals surface area contributed by atoms with E-state index in [0.717, 1.165) is 12.0 Å². The maximum atomic E-state index is 3.75. The van der Waals surface area contributed by atoms with E-state index in [2.05, 4.69) is 31.0 Å². The van der Waals surface area contributed by atoms with Gasteiger partial charge < -0.3 is 10.2 Å². The molecule has 2 unspecified atom stereocenters. The van der Waals surface area contributed by atoms with Crippen LogP contribution in [0.4, 0.5) is 0 Å². The van der Waals surface area contributed by atoms with Gasteiger partial charge in [-0.05, 0) is 64.2 Å². The van der Waals surface area contributed by atoms with Gasteiger partial charge in [0.2, 0.25) is 0 Å². The van der Waals surface area contributed by atoms with Crippen molar-refractivity contribution >= 4 is 0 Å². The molecule has 2 nitrogen and oxygen atoms in total. The summed E-state index contributed by atoms with van der Waals surface area (Å²) >= 11 is 0. The Morgan fingerprint density at radius 3 is 2.56 bits per heavy atom. The van der Waals surface area contributed by atoms with Gasteiger partial charge in [0.05, 0.1) is 0 Å². The standard InChI is InChI=1S/C16H34N2/c1-4-7-13-18(6-3)14-11-15-9-8-10-16(15)17-12-5-2/h15-17H,4-14H2,1-3H3. The molecule has 0 aromatic rings. The van der Waals surface area contributed by atoms with Crippen LogP contribution in [-0.2, 0) is 0 Å². The molecule has 108 valence electrons. The van der Waals surface area contributed by atoms with Crippen LogP contribution in [0.25, 0.3) is 0 Å². The van der Waals surface area contributed by atoms with Gasteiger partial charge in [-0.2, -0.15) is 0 Å². The number of rotatable bonds is 10. The lowest BCUT2D eigenvalue weighted by atomic mass is 9.99. The number of unbranched alkanes of at least 4 members (excludes halogenated alkanes) is 1. The third-order valence-corrected chi connectivity index (χ3v) is 4.41. The summed E-state index contributed by atoms with van der Waals surface area (Å²) in [5, 5.41) is 3.75. The van der Waals surface area contributed by atoms with E-state index in [-0.39, 0.29) is 0 Å². The Bertz CT molecular complexity index is 194. The average Bonchev–Trinajstić information content (AvgIpc) is 2.84. The molecule has 0 aliphatic heterocycles. The molecule has 1 aliphatic rings. The minimum Gasteiger partial charge on any atom is -0.314 e. The number of nitrogens with zero attached hydrogens (tertiary/aromatic N) is 1. The first kappa shape index (κ1) is 16.0. The lowest BCUT2D eigenvalue weighted by Gasteiger charge is -2.25. The number of hydrogen-bond acceptors (Lipinski definition) is 2. The summed E-state index contributed by atoms with van der Waals surface area (Å²) in [5.74, 6) is 0.937. The van der Waals surface area contributed by atoms with Crippen molar-refractivity contribution in [3.63, 3.8) is 0 Å². The minimum atomic E-state index is 0.815. The Morgan fingerprint density at radius 2 is 1.89 bits per heavy atom. The van der Waals surface area contributed by atoms with Crippen LogP contribution >= 0.6 is 0 Å². The van der Waals surface area contributed by atoms with Gasteiger partial charge in [0.1, 0.15) is 0 Å². The summed E-state index contributed by atoms with van der Waals surface area (Å²) in [7, 11) is 0. The van der Waals surface area contributed by atoms with Crippen LogP contribution in [0.15, 0.2) is 0 Å². The van der Waals surface area contributed by atoms with Crippen LogP contribution < -0.4 is 5.32 Å². The van der Waals surface area contributed by atoms with Gasteiger partial charge in [-0.1, -0.05) is 33.6 Å². The molecule has 0 heterocycles. The molecule has 2 atom stereocenters. The maximum Gasteiger partial charge on any atom is 0.00958 e. The molecule has 0 aromatic carbocycles. The van der Waals surface area contributed by atoms with Crippen LogP contribution in [0.5, 0.6) is 0 Å². The fourth-order valence-electron chi connectivity index (χ4n) is 3.14. The first-order chi connectivity index (χ1) is 8.81. The van der Waals surface area contributed by atoms with E-state index in [4.69, 9.17) is 0 Å². The summed E-state index contributed by atoms with van der Waals surface area (Å²) in [6.07, 6.45) is 9.64. The third kappa shape index (κ3) is 5.71. The second-order valence-corrected chi connectivity index (χ2v) is 5.83. The monoisotopic (exact) mass is 254 g/mol. The molecular formula is C16H34N2. The zero-order chi connectivity index (χ0) is 13.2. The molecule has 0 radical (unpaired) electrons. The summed E-state index contributed by atoms with van der Waals surface area (Å²) in [6.45, 7) is 11.9. The molecule has 0 saturated heterocycles. The van der Waals surface area contributed by atoms with E-state index in [1.54, 1.807) is 0 Å². The molecule has 1 saturated carbocycles. The van der Waals surface area contributed by atoms with Crippen LogP contribution in [-0.4, -0.2) is 37.1 Å². The Kier molecular flexibility index (Phi) is 8.70.